The predicted octanol–water partition coefficient (Wildman–Crippen LogP) is 1.20. The Labute approximate surface area is 118 Å². The number of hydrogen-bond acceptors (Lipinski definition) is 4. The summed E-state index contributed by atoms with van der Waals surface area (Å²) in [6.45, 7) is 5.62. The van der Waals surface area contributed by atoms with Crippen LogP contribution < -0.4 is 10.6 Å². The van der Waals surface area contributed by atoms with Crippen LogP contribution in [0.3, 0.4) is 0 Å². The summed E-state index contributed by atoms with van der Waals surface area (Å²) in [5.74, 6) is 0.580. The Hall–Kier alpha value is -1.85. The molecule has 0 saturated carbocycles. The first-order valence-electron chi connectivity index (χ1n) is 7.08. The van der Waals surface area contributed by atoms with Crippen LogP contribution in [-0.4, -0.2) is 29.1 Å². The van der Waals surface area contributed by atoms with Crippen LogP contribution in [0.15, 0.2) is 4.52 Å². The van der Waals surface area contributed by atoms with Crippen molar-refractivity contribution < 1.29 is 14.1 Å². The van der Waals surface area contributed by atoms with Crippen molar-refractivity contribution in [3.8, 4) is 0 Å². The molecule has 0 radical (unpaired) electrons. The molecule has 1 aromatic heterocycles. The molecule has 1 aromatic rings. The monoisotopic (exact) mass is 279 g/mol. The smallest absolute Gasteiger partial charge is 0.273 e. The topological polar surface area (TPSA) is 84.2 Å². The van der Waals surface area contributed by atoms with Crippen molar-refractivity contribution in [2.24, 2.45) is 0 Å². The van der Waals surface area contributed by atoms with Crippen LogP contribution in [0.25, 0.3) is 0 Å². The van der Waals surface area contributed by atoms with Crippen LogP contribution in [0, 0.1) is 0 Å². The molecular formula is C14H21N3O3. The van der Waals surface area contributed by atoms with E-state index in [0.29, 0.717) is 25.0 Å². The lowest BCUT2D eigenvalue weighted by molar-refractivity contribution is -0.121. The predicted molar refractivity (Wildman–Crippen MR) is 73.4 cm³/mol. The van der Waals surface area contributed by atoms with Crippen molar-refractivity contribution in [2.75, 3.05) is 0 Å². The van der Waals surface area contributed by atoms with Crippen molar-refractivity contribution in [2.45, 2.75) is 58.5 Å². The molecule has 1 aliphatic rings. The first-order chi connectivity index (χ1) is 9.51. The Morgan fingerprint density at radius 3 is 2.85 bits per heavy atom. The molecule has 0 aliphatic heterocycles. The molecule has 0 saturated heterocycles. The number of nitrogens with one attached hydrogen (secondary N) is 2. The highest BCUT2D eigenvalue weighted by molar-refractivity contribution is 5.94. The molecule has 1 aliphatic carbocycles. The third-order valence-corrected chi connectivity index (χ3v) is 3.36. The van der Waals surface area contributed by atoms with Gasteiger partial charge in [-0.15, -0.1) is 0 Å². The third kappa shape index (κ3) is 3.18. The van der Waals surface area contributed by atoms with Gasteiger partial charge in [-0.2, -0.15) is 0 Å². The van der Waals surface area contributed by atoms with Crippen molar-refractivity contribution >= 4 is 11.8 Å². The number of fused-ring (bicyclic) bond motifs is 1. The van der Waals surface area contributed by atoms with Gasteiger partial charge in [0, 0.05) is 30.5 Å². The molecule has 2 N–H and O–H groups in total. The highest BCUT2D eigenvalue weighted by atomic mass is 16.5. The minimum Gasteiger partial charge on any atom is -0.360 e. The second kappa shape index (κ2) is 6.07. The fourth-order valence-electron chi connectivity index (χ4n) is 2.37. The summed E-state index contributed by atoms with van der Waals surface area (Å²) < 4.78 is 5.25. The molecular weight excluding hydrogens is 258 g/mol. The van der Waals surface area contributed by atoms with Gasteiger partial charge in [-0.05, 0) is 26.7 Å². The fraction of sp³-hybridized carbons (Fsp3) is 0.643. The molecule has 0 spiro atoms. The van der Waals surface area contributed by atoms with E-state index in [1.54, 1.807) is 0 Å². The van der Waals surface area contributed by atoms with Gasteiger partial charge in [0.25, 0.3) is 5.91 Å². The van der Waals surface area contributed by atoms with Crippen LogP contribution in [0.5, 0.6) is 0 Å². The summed E-state index contributed by atoms with van der Waals surface area (Å²) in [6.07, 6.45) is 2.59. The van der Waals surface area contributed by atoms with Crippen molar-refractivity contribution in [1.82, 2.24) is 15.8 Å². The number of aromatic nitrogens is 1. The maximum Gasteiger partial charge on any atom is 0.273 e. The Bertz CT molecular complexity index is 508. The molecule has 6 heteroatoms. The van der Waals surface area contributed by atoms with E-state index in [4.69, 9.17) is 4.52 Å². The largest absolute Gasteiger partial charge is 0.360 e. The van der Waals surface area contributed by atoms with Crippen LogP contribution in [0.4, 0.5) is 0 Å². The number of nitrogens with zero attached hydrogens (tertiary/aromatic N) is 1. The number of carbonyl (C=O) groups is 2. The van der Waals surface area contributed by atoms with Crippen molar-refractivity contribution in [3.63, 3.8) is 0 Å². The minimum atomic E-state index is -0.215. The Morgan fingerprint density at radius 1 is 1.45 bits per heavy atom. The molecule has 110 valence electrons. The lowest BCUT2D eigenvalue weighted by atomic mass is 9.91. The molecule has 1 unspecified atom stereocenters. The fourth-order valence-corrected chi connectivity index (χ4v) is 2.37. The first kappa shape index (κ1) is 14.6. The van der Waals surface area contributed by atoms with E-state index < -0.39 is 0 Å². The van der Waals surface area contributed by atoms with E-state index in [-0.39, 0.29) is 23.9 Å². The number of rotatable bonds is 4. The second-order valence-corrected chi connectivity index (χ2v) is 5.42. The second-order valence-electron chi connectivity index (χ2n) is 5.42. The molecule has 2 rings (SSSR count). The van der Waals surface area contributed by atoms with Crippen molar-refractivity contribution in [1.29, 1.82) is 0 Å². The summed E-state index contributed by atoms with van der Waals surface area (Å²) in [4.78, 5) is 23.5. The van der Waals surface area contributed by atoms with Gasteiger partial charge < -0.3 is 15.2 Å². The van der Waals surface area contributed by atoms with E-state index >= 15 is 0 Å². The highest BCUT2D eigenvalue weighted by Crippen LogP contribution is 2.24. The number of amides is 2. The minimum absolute atomic E-state index is 0.0306. The Balaban J connectivity index is 2.11. The van der Waals surface area contributed by atoms with Gasteiger partial charge >= 0.3 is 0 Å². The van der Waals surface area contributed by atoms with Gasteiger partial charge in [0.15, 0.2) is 5.69 Å². The lowest BCUT2D eigenvalue weighted by Crippen LogP contribution is -2.39. The molecule has 6 nitrogen and oxygen atoms in total. The zero-order valence-electron chi connectivity index (χ0n) is 12.2. The molecule has 1 atom stereocenters. The number of hydrogen-bond donors (Lipinski definition) is 2. The van der Waals surface area contributed by atoms with Crippen LogP contribution in [0.2, 0.25) is 0 Å². The Kier molecular flexibility index (Phi) is 4.42. The molecule has 0 aromatic carbocycles. The standard InChI is InChI=1S/C14H21N3O3/c1-4-12(18)16-9-5-6-11-10(7-9)13(17-20-11)14(19)15-8(2)3/h8-9H,4-7H2,1-3H3,(H,15,19)(H,16,18). The van der Waals surface area contributed by atoms with Crippen molar-refractivity contribution in [3.05, 3.63) is 17.0 Å². The summed E-state index contributed by atoms with van der Waals surface area (Å²) in [6, 6.07) is 0.106. The third-order valence-electron chi connectivity index (χ3n) is 3.36. The summed E-state index contributed by atoms with van der Waals surface area (Å²) in [5, 5.41) is 9.66. The van der Waals surface area contributed by atoms with Crippen LogP contribution >= 0.6 is 0 Å². The van der Waals surface area contributed by atoms with Gasteiger partial charge in [-0.3, -0.25) is 9.59 Å². The quantitative estimate of drug-likeness (QED) is 0.867. The van der Waals surface area contributed by atoms with E-state index in [2.05, 4.69) is 15.8 Å². The average Bonchev–Trinajstić information content (AvgIpc) is 2.80. The van der Waals surface area contributed by atoms with Gasteiger partial charge in [0.05, 0.1) is 0 Å². The zero-order chi connectivity index (χ0) is 14.7. The highest BCUT2D eigenvalue weighted by Gasteiger charge is 2.29. The summed E-state index contributed by atoms with van der Waals surface area (Å²) in [7, 11) is 0. The molecule has 0 bridgehead atoms. The molecule has 1 heterocycles. The van der Waals surface area contributed by atoms with Gasteiger partial charge in [-0.1, -0.05) is 12.1 Å². The van der Waals surface area contributed by atoms with E-state index in [1.807, 2.05) is 20.8 Å². The molecule has 20 heavy (non-hydrogen) atoms. The summed E-state index contributed by atoms with van der Waals surface area (Å²) >= 11 is 0. The van der Waals surface area contributed by atoms with Crippen LogP contribution in [0.1, 0.15) is 55.4 Å². The van der Waals surface area contributed by atoms with Gasteiger partial charge in [0.2, 0.25) is 5.91 Å². The number of aryl methyl sites for hydroxylation is 1. The first-order valence-corrected chi connectivity index (χ1v) is 7.08. The molecule has 0 fully saturated rings. The van der Waals surface area contributed by atoms with Crippen LogP contribution in [-0.2, 0) is 17.6 Å². The Morgan fingerprint density at radius 2 is 2.20 bits per heavy atom. The van der Waals surface area contributed by atoms with E-state index in [0.717, 1.165) is 17.7 Å². The summed E-state index contributed by atoms with van der Waals surface area (Å²) in [5.41, 5.74) is 1.18. The average molecular weight is 279 g/mol. The van der Waals surface area contributed by atoms with Gasteiger partial charge in [-0.25, -0.2) is 0 Å². The number of carbonyl (C=O) groups excluding carboxylic acids is 2. The SMILES string of the molecule is CCC(=O)NC1CCc2onc(C(=O)NC(C)C)c2C1. The van der Waals surface area contributed by atoms with E-state index in [9.17, 15) is 9.59 Å². The lowest BCUT2D eigenvalue weighted by Gasteiger charge is -2.22. The zero-order valence-corrected chi connectivity index (χ0v) is 12.2. The van der Waals surface area contributed by atoms with Gasteiger partial charge in [0.1, 0.15) is 5.76 Å². The maximum absolute atomic E-state index is 12.1. The normalized spacial score (nSPS) is 17.7. The maximum atomic E-state index is 12.1. The van der Waals surface area contributed by atoms with E-state index in [1.165, 1.54) is 0 Å². The molecule has 2 amide bonds.